The summed E-state index contributed by atoms with van der Waals surface area (Å²) in [5.74, 6) is 6.57. The second-order valence-electron chi connectivity index (χ2n) is 4.22. The van der Waals surface area contributed by atoms with Gasteiger partial charge in [0.1, 0.15) is 11.8 Å². The van der Waals surface area contributed by atoms with Crippen molar-refractivity contribution in [3.63, 3.8) is 0 Å². The molecule has 0 spiro atoms. The van der Waals surface area contributed by atoms with Crippen LogP contribution in [0.1, 0.15) is 18.9 Å². The predicted molar refractivity (Wildman–Crippen MR) is 78.0 cm³/mol. The number of nitrogens with two attached hydrogens (primary N) is 1. The molecule has 0 unspecified atom stereocenters. The number of hydrogen-bond donors (Lipinski definition) is 2. The van der Waals surface area contributed by atoms with Crippen LogP contribution < -0.4 is 16.0 Å². The van der Waals surface area contributed by atoms with E-state index in [1.54, 1.807) is 12.1 Å². The zero-order valence-electron chi connectivity index (χ0n) is 11.3. The largest absolute Gasteiger partial charge is 0.494 e. The van der Waals surface area contributed by atoms with Gasteiger partial charge in [-0.1, -0.05) is 6.92 Å². The van der Waals surface area contributed by atoms with E-state index in [-0.39, 0.29) is 0 Å². The van der Waals surface area contributed by atoms with Gasteiger partial charge in [-0.05, 0) is 42.8 Å². The second kappa shape index (κ2) is 6.55. The third-order valence-corrected chi connectivity index (χ3v) is 2.78. The van der Waals surface area contributed by atoms with E-state index in [2.05, 4.69) is 17.3 Å². The SMILES string of the molecule is CCCOc1ccc(-c2ccc(C#N)c(NN)n2)cc1. The molecule has 0 aliphatic rings. The van der Waals surface area contributed by atoms with Gasteiger partial charge in [0.15, 0.2) is 5.82 Å². The highest BCUT2D eigenvalue weighted by Crippen LogP contribution is 2.23. The summed E-state index contributed by atoms with van der Waals surface area (Å²) in [6, 6.07) is 13.2. The zero-order valence-corrected chi connectivity index (χ0v) is 11.3. The van der Waals surface area contributed by atoms with Gasteiger partial charge in [0.25, 0.3) is 0 Å². The average molecular weight is 268 g/mol. The number of nitrogen functional groups attached to an aromatic ring is 1. The standard InChI is InChI=1S/C15H16N4O/c1-2-9-20-13-6-3-11(4-7-13)14-8-5-12(10-16)15(18-14)19-17/h3-8H,2,9,17H2,1H3,(H,18,19). The molecule has 1 aromatic carbocycles. The van der Waals surface area contributed by atoms with Gasteiger partial charge in [-0.2, -0.15) is 5.26 Å². The maximum Gasteiger partial charge on any atom is 0.158 e. The molecule has 5 nitrogen and oxygen atoms in total. The molecular weight excluding hydrogens is 252 g/mol. The number of benzene rings is 1. The molecule has 5 heteroatoms. The van der Waals surface area contributed by atoms with Crippen LogP contribution in [-0.4, -0.2) is 11.6 Å². The number of nitrogens with one attached hydrogen (secondary N) is 1. The van der Waals surface area contributed by atoms with Gasteiger partial charge in [-0.25, -0.2) is 10.8 Å². The van der Waals surface area contributed by atoms with E-state index >= 15 is 0 Å². The summed E-state index contributed by atoms with van der Waals surface area (Å²) in [5.41, 5.74) is 4.54. The van der Waals surface area contributed by atoms with Gasteiger partial charge in [-0.3, -0.25) is 0 Å². The Balaban J connectivity index is 2.25. The second-order valence-corrected chi connectivity index (χ2v) is 4.22. The van der Waals surface area contributed by atoms with E-state index in [0.717, 1.165) is 23.4 Å². The number of hydrazine groups is 1. The summed E-state index contributed by atoms with van der Waals surface area (Å²) >= 11 is 0. The Morgan fingerprint density at radius 3 is 2.60 bits per heavy atom. The van der Waals surface area contributed by atoms with Crippen molar-refractivity contribution in [2.75, 3.05) is 12.0 Å². The van der Waals surface area contributed by atoms with Crippen molar-refractivity contribution >= 4 is 5.82 Å². The highest BCUT2D eigenvalue weighted by Gasteiger charge is 2.06. The molecule has 1 heterocycles. The number of ether oxygens (including phenoxy) is 1. The molecule has 0 aliphatic heterocycles. The molecule has 0 bridgehead atoms. The molecule has 0 saturated carbocycles. The molecule has 0 amide bonds. The van der Waals surface area contributed by atoms with Crippen molar-refractivity contribution in [2.24, 2.45) is 5.84 Å². The highest BCUT2D eigenvalue weighted by molar-refractivity contribution is 5.65. The van der Waals surface area contributed by atoms with Gasteiger partial charge in [0.2, 0.25) is 0 Å². The lowest BCUT2D eigenvalue weighted by atomic mass is 10.1. The summed E-state index contributed by atoms with van der Waals surface area (Å²) in [6.07, 6.45) is 0.977. The normalized spacial score (nSPS) is 9.85. The number of rotatable bonds is 5. The summed E-state index contributed by atoms with van der Waals surface area (Å²) in [4.78, 5) is 4.32. The van der Waals surface area contributed by atoms with Crippen LogP contribution in [0.3, 0.4) is 0 Å². The molecule has 0 fully saturated rings. The first-order valence-electron chi connectivity index (χ1n) is 6.39. The number of hydrogen-bond acceptors (Lipinski definition) is 5. The average Bonchev–Trinajstić information content (AvgIpc) is 2.52. The lowest BCUT2D eigenvalue weighted by Gasteiger charge is -2.08. The van der Waals surface area contributed by atoms with E-state index in [4.69, 9.17) is 15.8 Å². The summed E-state index contributed by atoms with van der Waals surface area (Å²) in [6.45, 7) is 2.77. The fourth-order valence-corrected chi connectivity index (χ4v) is 1.76. The van der Waals surface area contributed by atoms with Crippen molar-refractivity contribution in [3.05, 3.63) is 42.0 Å². The van der Waals surface area contributed by atoms with Crippen molar-refractivity contribution in [1.29, 1.82) is 5.26 Å². The predicted octanol–water partition coefficient (Wildman–Crippen LogP) is 2.69. The van der Waals surface area contributed by atoms with Gasteiger partial charge < -0.3 is 10.2 Å². The van der Waals surface area contributed by atoms with Crippen LogP contribution in [0, 0.1) is 11.3 Å². The molecule has 2 rings (SSSR count). The fraction of sp³-hybridized carbons (Fsp3) is 0.200. The maximum atomic E-state index is 8.93. The molecule has 3 N–H and O–H groups in total. The number of aromatic nitrogens is 1. The smallest absolute Gasteiger partial charge is 0.158 e. The molecule has 20 heavy (non-hydrogen) atoms. The number of nitriles is 1. The van der Waals surface area contributed by atoms with Gasteiger partial charge >= 0.3 is 0 Å². The number of nitrogens with zero attached hydrogens (tertiary/aromatic N) is 2. The molecule has 0 saturated heterocycles. The van der Waals surface area contributed by atoms with Gasteiger partial charge in [0, 0.05) is 5.56 Å². The number of anilines is 1. The minimum absolute atomic E-state index is 0.372. The van der Waals surface area contributed by atoms with E-state index in [0.29, 0.717) is 18.0 Å². The highest BCUT2D eigenvalue weighted by atomic mass is 16.5. The van der Waals surface area contributed by atoms with E-state index in [1.165, 1.54) is 0 Å². The Labute approximate surface area is 118 Å². The zero-order chi connectivity index (χ0) is 14.4. The monoisotopic (exact) mass is 268 g/mol. The molecule has 2 aromatic rings. The Morgan fingerprint density at radius 1 is 1.25 bits per heavy atom. The van der Waals surface area contributed by atoms with Crippen LogP contribution in [0.15, 0.2) is 36.4 Å². The van der Waals surface area contributed by atoms with Crippen LogP contribution in [-0.2, 0) is 0 Å². The first-order valence-corrected chi connectivity index (χ1v) is 6.39. The van der Waals surface area contributed by atoms with Gasteiger partial charge in [-0.15, -0.1) is 0 Å². The van der Waals surface area contributed by atoms with Crippen LogP contribution >= 0.6 is 0 Å². The van der Waals surface area contributed by atoms with E-state index < -0.39 is 0 Å². The van der Waals surface area contributed by atoms with E-state index in [9.17, 15) is 0 Å². The van der Waals surface area contributed by atoms with Crippen molar-refractivity contribution in [1.82, 2.24) is 4.98 Å². The first-order chi connectivity index (χ1) is 9.78. The Bertz CT molecular complexity index is 617. The van der Waals surface area contributed by atoms with Crippen molar-refractivity contribution in [2.45, 2.75) is 13.3 Å². The topological polar surface area (TPSA) is 84.0 Å². The molecule has 0 atom stereocenters. The van der Waals surface area contributed by atoms with Crippen LogP contribution in [0.5, 0.6) is 5.75 Å². The third-order valence-electron chi connectivity index (χ3n) is 2.78. The summed E-state index contributed by atoms with van der Waals surface area (Å²) in [7, 11) is 0. The Morgan fingerprint density at radius 2 is 2.00 bits per heavy atom. The summed E-state index contributed by atoms with van der Waals surface area (Å²) in [5, 5.41) is 8.93. The summed E-state index contributed by atoms with van der Waals surface area (Å²) < 4.78 is 5.53. The first kappa shape index (κ1) is 13.8. The maximum absolute atomic E-state index is 8.93. The van der Waals surface area contributed by atoms with Crippen molar-refractivity contribution < 1.29 is 4.74 Å². The van der Waals surface area contributed by atoms with Crippen molar-refractivity contribution in [3.8, 4) is 23.1 Å². The minimum atomic E-state index is 0.372. The lowest BCUT2D eigenvalue weighted by Crippen LogP contribution is -2.10. The van der Waals surface area contributed by atoms with E-state index in [1.807, 2.05) is 30.3 Å². The van der Waals surface area contributed by atoms with Crippen LogP contribution in [0.4, 0.5) is 5.82 Å². The Hall–Kier alpha value is -2.58. The molecular formula is C15H16N4O. The molecule has 102 valence electrons. The number of pyridine rings is 1. The van der Waals surface area contributed by atoms with Crippen LogP contribution in [0.25, 0.3) is 11.3 Å². The fourth-order valence-electron chi connectivity index (χ4n) is 1.76. The minimum Gasteiger partial charge on any atom is -0.494 e. The Kier molecular flexibility index (Phi) is 4.53. The quantitative estimate of drug-likeness (QED) is 0.643. The molecule has 0 radical (unpaired) electrons. The molecule has 0 aliphatic carbocycles. The third kappa shape index (κ3) is 3.05. The van der Waals surface area contributed by atoms with Crippen LogP contribution in [0.2, 0.25) is 0 Å². The van der Waals surface area contributed by atoms with Gasteiger partial charge in [0.05, 0.1) is 17.9 Å². The lowest BCUT2D eigenvalue weighted by molar-refractivity contribution is 0.317. The molecule has 1 aromatic heterocycles.